The Balaban J connectivity index is 2.66. The minimum absolute atomic E-state index is 0.205. The van der Waals surface area contributed by atoms with Crippen LogP contribution < -0.4 is 5.32 Å². The van der Waals surface area contributed by atoms with E-state index in [0.29, 0.717) is 24.2 Å². The zero-order chi connectivity index (χ0) is 12.8. The van der Waals surface area contributed by atoms with Crippen LogP contribution in [0.2, 0.25) is 0 Å². The van der Waals surface area contributed by atoms with Gasteiger partial charge in [0.1, 0.15) is 12.1 Å². The maximum atomic E-state index is 8.97. The summed E-state index contributed by atoms with van der Waals surface area (Å²) in [6.07, 6.45) is 1.56. The Labute approximate surface area is 102 Å². The molecule has 0 aliphatic rings. The Morgan fingerprint density at radius 1 is 1.35 bits per heavy atom. The molecule has 1 heterocycles. The Morgan fingerprint density at radius 3 is 2.59 bits per heavy atom. The standard InChI is InChI=1S/C12H17N5/c1-9(2)15-6-10(3)7-17-8-16-11(4-13)12(17)5-14/h8-10,15H,6-7H2,1-3H3. The van der Waals surface area contributed by atoms with E-state index < -0.39 is 0 Å². The molecule has 0 aliphatic carbocycles. The largest absolute Gasteiger partial charge is 0.321 e. The highest BCUT2D eigenvalue weighted by Gasteiger charge is 2.12. The van der Waals surface area contributed by atoms with Crippen LogP contribution in [0.15, 0.2) is 6.33 Å². The highest BCUT2D eigenvalue weighted by Crippen LogP contribution is 2.08. The predicted octanol–water partition coefficient (Wildman–Crippen LogP) is 1.26. The van der Waals surface area contributed by atoms with Crippen molar-refractivity contribution in [1.82, 2.24) is 14.9 Å². The van der Waals surface area contributed by atoms with Crippen LogP contribution in [0.4, 0.5) is 0 Å². The molecule has 0 fully saturated rings. The topological polar surface area (TPSA) is 77.4 Å². The fourth-order valence-electron chi connectivity index (χ4n) is 1.56. The zero-order valence-corrected chi connectivity index (χ0v) is 10.4. The van der Waals surface area contributed by atoms with E-state index in [0.717, 1.165) is 6.54 Å². The fourth-order valence-corrected chi connectivity index (χ4v) is 1.56. The van der Waals surface area contributed by atoms with Crippen LogP contribution in [0.1, 0.15) is 32.2 Å². The Bertz CT molecular complexity index is 446. The van der Waals surface area contributed by atoms with Crippen molar-refractivity contribution in [3.8, 4) is 12.1 Å². The van der Waals surface area contributed by atoms with Gasteiger partial charge in [-0.3, -0.25) is 0 Å². The van der Waals surface area contributed by atoms with Crippen LogP contribution >= 0.6 is 0 Å². The molecule has 1 aromatic rings. The summed E-state index contributed by atoms with van der Waals surface area (Å²) < 4.78 is 1.74. The van der Waals surface area contributed by atoms with Crippen LogP contribution in [0, 0.1) is 28.6 Å². The lowest BCUT2D eigenvalue weighted by atomic mass is 10.1. The van der Waals surface area contributed by atoms with Crippen molar-refractivity contribution in [3.05, 3.63) is 17.7 Å². The molecule has 5 nitrogen and oxygen atoms in total. The van der Waals surface area contributed by atoms with Gasteiger partial charge in [0.15, 0.2) is 11.4 Å². The van der Waals surface area contributed by atoms with Gasteiger partial charge in [0.05, 0.1) is 6.33 Å². The summed E-state index contributed by atoms with van der Waals surface area (Å²) in [5.41, 5.74) is 0.556. The lowest BCUT2D eigenvalue weighted by Crippen LogP contribution is -2.29. The Hall–Kier alpha value is -1.85. The quantitative estimate of drug-likeness (QED) is 0.827. The van der Waals surface area contributed by atoms with Gasteiger partial charge in [-0.1, -0.05) is 20.8 Å². The van der Waals surface area contributed by atoms with Crippen molar-refractivity contribution < 1.29 is 0 Å². The van der Waals surface area contributed by atoms with Gasteiger partial charge in [-0.25, -0.2) is 4.98 Å². The third-order valence-electron chi connectivity index (χ3n) is 2.43. The Morgan fingerprint density at radius 2 is 2.06 bits per heavy atom. The first kappa shape index (κ1) is 13.2. The predicted molar refractivity (Wildman–Crippen MR) is 64.0 cm³/mol. The first-order valence-electron chi connectivity index (χ1n) is 5.67. The van der Waals surface area contributed by atoms with E-state index in [2.05, 4.69) is 31.1 Å². The SMILES string of the molecule is CC(CNC(C)C)Cn1cnc(C#N)c1C#N. The molecule has 0 spiro atoms. The van der Waals surface area contributed by atoms with Crippen molar-refractivity contribution in [2.75, 3.05) is 6.54 Å². The van der Waals surface area contributed by atoms with E-state index in [1.165, 1.54) is 0 Å². The van der Waals surface area contributed by atoms with Crippen molar-refractivity contribution >= 4 is 0 Å². The molecule has 0 saturated heterocycles. The maximum Gasteiger partial charge on any atom is 0.176 e. The molecule has 0 amide bonds. The zero-order valence-electron chi connectivity index (χ0n) is 10.4. The molecule has 1 atom stereocenters. The molecule has 0 radical (unpaired) electrons. The van der Waals surface area contributed by atoms with Crippen LogP contribution in [0.5, 0.6) is 0 Å². The molecule has 0 saturated carbocycles. The van der Waals surface area contributed by atoms with Gasteiger partial charge < -0.3 is 9.88 Å². The second kappa shape index (κ2) is 6.03. The lowest BCUT2D eigenvalue weighted by Gasteiger charge is -2.15. The first-order valence-corrected chi connectivity index (χ1v) is 5.67. The van der Waals surface area contributed by atoms with E-state index in [4.69, 9.17) is 10.5 Å². The van der Waals surface area contributed by atoms with Gasteiger partial charge in [0, 0.05) is 12.6 Å². The molecule has 5 heteroatoms. The van der Waals surface area contributed by atoms with Crippen molar-refractivity contribution in [2.24, 2.45) is 5.92 Å². The van der Waals surface area contributed by atoms with Crippen molar-refractivity contribution in [3.63, 3.8) is 0 Å². The summed E-state index contributed by atoms with van der Waals surface area (Å²) in [6.45, 7) is 7.86. The molecule has 0 aliphatic heterocycles. The van der Waals surface area contributed by atoms with E-state index in [1.807, 2.05) is 12.1 Å². The highest BCUT2D eigenvalue weighted by atomic mass is 15.1. The number of hydrogen-bond acceptors (Lipinski definition) is 4. The maximum absolute atomic E-state index is 8.97. The van der Waals surface area contributed by atoms with Gasteiger partial charge >= 0.3 is 0 Å². The number of aromatic nitrogens is 2. The third-order valence-corrected chi connectivity index (χ3v) is 2.43. The average Bonchev–Trinajstić information content (AvgIpc) is 2.68. The summed E-state index contributed by atoms with van der Waals surface area (Å²) in [4.78, 5) is 3.91. The number of hydrogen-bond donors (Lipinski definition) is 1. The van der Waals surface area contributed by atoms with Crippen LogP contribution in [-0.2, 0) is 6.54 Å². The van der Waals surface area contributed by atoms with Gasteiger partial charge in [-0.2, -0.15) is 10.5 Å². The van der Waals surface area contributed by atoms with Crippen molar-refractivity contribution in [1.29, 1.82) is 10.5 Å². The molecule has 1 rings (SSSR count). The summed E-state index contributed by atoms with van der Waals surface area (Å²) >= 11 is 0. The molecule has 1 aromatic heterocycles. The monoisotopic (exact) mass is 231 g/mol. The van der Waals surface area contributed by atoms with Crippen molar-refractivity contribution in [2.45, 2.75) is 33.4 Å². The normalized spacial score (nSPS) is 12.1. The summed E-state index contributed by atoms with van der Waals surface area (Å²) in [6, 6.07) is 4.39. The molecular weight excluding hydrogens is 214 g/mol. The van der Waals surface area contributed by atoms with Crippen LogP contribution in [-0.4, -0.2) is 22.1 Å². The number of rotatable bonds is 5. The summed E-state index contributed by atoms with van der Waals surface area (Å²) in [5.74, 6) is 0.380. The van der Waals surface area contributed by atoms with Crippen LogP contribution in [0.3, 0.4) is 0 Å². The minimum Gasteiger partial charge on any atom is -0.321 e. The molecule has 0 bridgehead atoms. The van der Waals surface area contributed by atoms with Gasteiger partial charge in [-0.05, 0) is 12.5 Å². The fraction of sp³-hybridized carbons (Fsp3) is 0.583. The number of nitrogens with one attached hydrogen (secondary N) is 1. The van der Waals surface area contributed by atoms with Gasteiger partial charge in [0.25, 0.3) is 0 Å². The van der Waals surface area contributed by atoms with E-state index in [-0.39, 0.29) is 5.69 Å². The van der Waals surface area contributed by atoms with E-state index in [1.54, 1.807) is 10.9 Å². The van der Waals surface area contributed by atoms with Gasteiger partial charge in [0.2, 0.25) is 0 Å². The number of nitrogens with zero attached hydrogens (tertiary/aromatic N) is 4. The van der Waals surface area contributed by atoms with E-state index >= 15 is 0 Å². The second-order valence-electron chi connectivity index (χ2n) is 4.49. The molecular formula is C12H17N5. The molecule has 1 unspecified atom stereocenters. The highest BCUT2D eigenvalue weighted by molar-refractivity contribution is 5.35. The molecule has 1 N–H and O–H groups in total. The summed E-state index contributed by atoms with van der Waals surface area (Å²) in [5, 5.41) is 21.1. The number of nitriles is 2. The third kappa shape index (κ3) is 3.58. The Kier molecular flexibility index (Phi) is 4.68. The molecule has 17 heavy (non-hydrogen) atoms. The first-order chi connectivity index (χ1) is 8.08. The lowest BCUT2D eigenvalue weighted by molar-refractivity contribution is 0.424. The minimum atomic E-state index is 0.205. The summed E-state index contributed by atoms with van der Waals surface area (Å²) in [7, 11) is 0. The second-order valence-corrected chi connectivity index (χ2v) is 4.49. The molecule has 0 aromatic carbocycles. The van der Waals surface area contributed by atoms with Gasteiger partial charge in [-0.15, -0.1) is 0 Å². The van der Waals surface area contributed by atoms with E-state index in [9.17, 15) is 0 Å². The van der Waals surface area contributed by atoms with Crippen LogP contribution in [0.25, 0.3) is 0 Å². The molecule has 90 valence electrons. The average molecular weight is 231 g/mol. The number of imidazole rings is 1. The smallest absolute Gasteiger partial charge is 0.176 e.